The summed E-state index contributed by atoms with van der Waals surface area (Å²) in [7, 11) is 0. The van der Waals surface area contributed by atoms with Crippen LogP contribution in [0.1, 0.15) is 11.1 Å². The summed E-state index contributed by atoms with van der Waals surface area (Å²) in [6, 6.07) is 16.3. The third kappa shape index (κ3) is 3.42. The number of rotatable bonds is 4. The summed E-state index contributed by atoms with van der Waals surface area (Å²) >= 11 is 7.21. The van der Waals surface area contributed by atoms with E-state index in [0.717, 1.165) is 17.1 Å². The molecular weight excluding hydrogens is 252 g/mol. The SMILES string of the molecule is Cc1cccc(SCc2ccccc2OCl)c1. The maximum Gasteiger partial charge on any atom is 0.150 e. The smallest absolute Gasteiger partial charge is 0.150 e. The van der Waals surface area contributed by atoms with Gasteiger partial charge in [0.15, 0.2) is 0 Å². The first-order chi connectivity index (χ1) is 8.29. The Balaban J connectivity index is 2.07. The van der Waals surface area contributed by atoms with E-state index in [-0.39, 0.29) is 0 Å². The highest BCUT2D eigenvalue weighted by Crippen LogP contribution is 2.28. The molecule has 0 aliphatic rings. The van der Waals surface area contributed by atoms with Crippen LogP contribution in [0.2, 0.25) is 0 Å². The Morgan fingerprint density at radius 3 is 2.71 bits per heavy atom. The van der Waals surface area contributed by atoms with E-state index in [1.54, 1.807) is 11.8 Å². The molecule has 3 heteroatoms. The Morgan fingerprint density at radius 2 is 1.94 bits per heavy atom. The molecule has 2 rings (SSSR count). The molecular formula is C14H13ClOS. The quantitative estimate of drug-likeness (QED) is 0.732. The average molecular weight is 265 g/mol. The molecule has 0 aromatic heterocycles. The molecule has 0 fully saturated rings. The van der Waals surface area contributed by atoms with Gasteiger partial charge in [0.2, 0.25) is 0 Å². The van der Waals surface area contributed by atoms with E-state index in [1.807, 2.05) is 24.3 Å². The van der Waals surface area contributed by atoms with Gasteiger partial charge in [-0.2, -0.15) is 0 Å². The fourth-order valence-electron chi connectivity index (χ4n) is 1.56. The first-order valence-electron chi connectivity index (χ1n) is 5.35. The Bertz CT molecular complexity index is 499. The zero-order valence-electron chi connectivity index (χ0n) is 9.52. The Morgan fingerprint density at radius 1 is 1.12 bits per heavy atom. The Kier molecular flexibility index (Phi) is 4.35. The van der Waals surface area contributed by atoms with Gasteiger partial charge in [-0.3, -0.25) is 0 Å². The van der Waals surface area contributed by atoms with Crippen molar-refractivity contribution in [2.24, 2.45) is 0 Å². The van der Waals surface area contributed by atoms with E-state index in [0.29, 0.717) is 0 Å². The molecule has 0 N–H and O–H groups in total. The maximum atomic E-state index is 5.43. The molecule has 0 aliphatic heterocycles. The standard InChI is InChI=1S/C14H13ClOS/c1-11-5-4-7-13(9-11)17-10-12-6-2-3-8-14(12)16-15/h2-9H,10H2,1H3. The monoisotopic (exact) mass is 264 g/mol. The summed E-state index contributed by atoms with van der Waals surface area (Å²) in [5.74, 6) is 1.58. The van der Waals surface area contributed by atoms with Crippen LogP contribution in [-0.4, -0.2) is 0 Å². The largest absolute Gasteiger partial charge is 0.385 e. The molecule has 0 bridgehead atoms. The lowest BCUT2D eigenvalue weighted by molar-refractivity contribution is 0.612. The molecule has 2 aromatic carbocycles. The highest BCUT2D eigenvalue weighted by molar-refractivity contribution is 7.98. The summed E-state index contributed by atoms with van der Waals surface area (Å²) in [4.78, 5) is 1.26. The lowest BCUT2D eigenvalue weighted by atomic mass is 10.2. The van der Waals surface area contributed by atoms with Crippen LogP contribution in [0.4, 0.5) is 0 Å². The minimum absolute atomic E-state index is 0.731. The molecule has 0 saturated heterocycles. The normalized spacial score (nSPS) is 10.2. The van der Waals surface area contributed by atoms with Gasteiger partial charge in [-0.05, 0) is 25.1 Å². The molecule has 88 valence electrons. The van der Waals surface area contributed by atoms with Crippen LogP contribution in [0, 0.1) is 6.92 Å². The molecule has 0 saturated carbocycles. The summed E-state index contributed by atoms with van der Waals surface area (Å²) in [6.45, 7) is 2.10. The second-order valence-electron chi connectivity index (χ2n) is 3.79. The van der Waals surface area contributed by atoms with Gasteiger partial charge in [-0.25, -0.2) is 0 Å². The summed E-state index contributed by atoms with van der Waals surface area (Å²) in [5, 5.41) is 0. The first kappa shape index (κ1) is 12.3. The highest BCUT2D eigenvalue weighted by atomic mass is 35.5. The second-order valence-corrected chi connectivity index (χ2v) is 4.99. The third-order valence-corrected chi connectivity index (χ3v) is 3.65. The van der Waals surface area contributed by atoms with E-state index in [1.165, 1.54) is 10.5 Å². The van der Waals surface area contributed by atoms with E-state index in [4.69, 9.17) is 16.2 Å². The number of benzene rings is 2. The molecule has 0 spiro atoms. The van der Waals surface area contributed by atoms with E-state index < -0.39 is 0 Å². The third-order valence-electron chi connectivity index (χ3n) is 2.44. The predicted molar refractivity (Wildman–Crippen MR) is 73.7 cm³/mol. The summed E-state index contributed by atoms with van der Waals surface area (Å²) < 4.78 is 4.82. The molecule has 2 aromatic rings. The Hall–Kier alpha value is -1.12. The van der Waals surface area contributed by atoms with Gasteiger partial charge in [0.05, 0.1) is 0 Å². The van der Waals surface area contributed by atoms with Gasteiger partial charge in [-0.15, -0.1) is 11.8 Å². The molecule has 17 heavy (non-hydrogen) atoms. The number of aryl methyl sites for hydroxylation is 1. The van der Waals surface area contributed by atoms with Gasteiger partial charge < -0.3 is 4.29 Å². The van der Waals surface area contributed by atoms with Crippen molar-refractivity contribution in [3.8, 4) is 5.75 Å². The number of hydrogen-bond donors (Lipinski definition) is 0. The van der Waals surface area contributed by atoms with Crippen molar-refractivity contribution in [2.45, 2.75) is 17.6 Å². The number of halogens is 1. The van der Waals surface area contributed by atoms with Crippen LogP contribution >= 0.6 is 23.6 Å². The lowest BCUT2D eigenvalue weighted by Crippen LogP contribution is -1.85. The zero-order chi connectivity index (χ0) is 12.1. The Labute approximate surface area is 111 Å². The highest BCUT2D eigenvalue weighted by Gasteiger charge is 2.03. The van der Waals surface area contributed by atoms with Crippen molar-refractivity contribution in [2.75, 3.05) is 0 Å². The minimum atomic E-state index is 0.731. The van der Waals surface area contributed by atoms with Crippen LogP contribution < -0.4 is 4.29 Å². The lowest BCUT2D eigenvalue weighted by Gasteiger charge is -2.06. The van der Waals surface area contributed by atoms with Crippen molar-refractivity contribution in [3.63, 3.8) is 0 Å². The van der Waals surface area contributed by atoms with Crippen LogP contribution in [0.25, 0.3) is 0 Å². The van der Waals surface area contributed by atoms with Crippen LogP contribution in [0.5, 0.6) is 5.75 Å². The zero-order valence-corrected chi connectivity index (χ0v) is 11.1. The van der Waals surface area contributed by atoms with Gasteiger partial charge in [0.25, 0.3) is 0 Å². The van der Waals surface area contributed by atoms with Crippen LogP contribution in [0.3, 0.4) is 0 Å². The van der Waals surface area contributed by atoms with Crippen molar-refractivity contribution in [1.82, 2.24) is 0 Å². The van der Waals surface area contributed by atoms with Crippen LogP contribution in [-0.2, 0) is 5.75 Å². The minimum Gasteiger partial charge on any atom is -0.385 e. The van der Waals surface area contributed by atoms with Crippen molar-refractivity contribution in [3.05, 3.63) is 59.7 Å². The van der Waals surface area contributed by atoms with Crippen molar-refractivity contribution in [1.29, 1.82) is 0 Å². The second kappa shape index (κ2) is 5.99. The van der Waals surface area contributed by atoms with Gasteiger partial charge in [-0.1, -0.05) is 35.9 Å². The molecule has 0 aliphatic carbocycles. The van der Waals surface area contributed by atoms with E-state index in [9.17, 15) is 0 Å². The van der Waals surface area contributed by atoms with Crippen molar-refractivity contribution >= 4 is 23.6 Å². The fraction of sp³-hybridized carbons (Fsp3) is 0.143. The van der Waals surface area contributed by atoms with E-state index in [2.05, 4.69) is 31.2 Å². The molecule has 0 amide bonds. The average Bonchev–Trinajstić information content (AvgIpc) is 2.37. The fourth-order valence-corrected chi connectivity index (χ4v) is 2.72. The molecule has 0 unspecified atom stereocenters. The predicted octanol–water partition coefficient (Wildman–Crippen LogP) is 4.82. The van der Waals surface area contributed by atoms with E-state index >= 15 is 0 Å². The molecule has 0 radical (unpaired) electrons. The summed E-state index contributed by atoms with van der Waals surface area (Å²) in [6.07, 6.45) is 0. The summed E-state index contributed by atoms with van der Waals surface area (Å²) in [5.41, 5.74) is 2.38. The van der Waals surface area contributed by atoms with Crippen LogP contribution in [0.15, 0.2) is 53.4 Å². The maximum absolute atomic E-state index is 5.43. The van der Waals surface area contributed by atoms with Gasteiger partial charge in [0, 0.05) is 16.2 Å². The molecule has 1 nitrogen and oxygen atoms in total. The number of hydrogen-bond acceptors (Lipinski definition) is 2. The molecule has 0 heterocycles. The topological polar surface area (TPSA) is 9.23 Å². The van der Waals surface area contributed by atoms with Crippen molar-refractivity contribution < 1.29 is 4.29 Å². The van der Waals surface area contributed by atoms with Gasteiger partial charge >= 0.3 is 0 Å². The molecule has 0 atom stereocenters. The number of thioether (sulfide) groups is 1. The first-order valence-corrected chi connectivity index (χ1v) is 6.65. The number of para-hydroxylation sites is 1. The van der Waals surface area contributed by atoms with Gasteiger partial charge in [0.1, 0.15) is 17.6 Å².